The molecule has 0 aliphatic rings. The zero-order chi connectivity index (χ0) is 15.9. The maximum atomic E-state index is 11.5. The maximum Gasteiger partial charge on any atom is 0.257 e. The van der Waals surface area contributed by atoms with Crippen molar-refractivity contribution in [1.82, 2.24) is 15.5 Å². The quantitative estimate of drug-likeness (QED) is 0.851. The molecule has 0 spiro atoms. The number of nitrogens with zero attached hydrogens (tertiary/aromatic N) is 2. The highest BCUT2D eigenvalue weighted by Gasteiger charge is 2.11. The molecule has 0 aliphatic heterocycles. The summed E-state index contributed by atoms with van der Waals surface area (Å²) in [6.07, 6.45) is 0.906. The van der Waals surface area contributed by atoms with Gasteiger partial charge in [0.2, 0.25) is 0 Å². The fourth-order valence-electron chi connectivity index (χ4n) is 1.74. The van der Waals surface area contributed by atoms with Gasteiger partial charge in [-0.3, -0.25) is 4.79 Å². The molecular weight excluding hydrogens is 282 g/mol. The Morgan fingerprint density at radius 2 is 2.05 bits per heavy atom. The standard InChI is InChI=1S/C16H21N3O3/c1-4-9-17-14(20)10-21-13-7-5-12(6-8-13)16-18-15(11(2)3)19-22-16/h5-8,11H,4,9-10H2,1-3H3,(H,17,20). The number of hydrogen-bond donors (Lipinski definition) is 1. The molecule has 0 fully saturated rings. The molecule has 6 heteroatoms. The fraction of sp³-hybridized carbons (Fsp3) is 0.438. The third-order valence-electron chi connectivity index (χ3n) is 3.00. The van der Waals surface area contributed by atoms with Crippen molar-refractivity contribution in [2.75, 3.05) is 13.2 Å². The molecule has 6 nitrogen and oxygen atoms in total. The first-order chi connectivity index (χ1) is 10.6. The van der Waals surface area contributed by atoms with E-state index in [0.29, 0.717) is 24.0 Å². The van der Waals surface area contributed by atoms with Gasteiger partial charge in [0.05, 0.1) is 0 Å². The predicted octanol–water partition coefficient (Wildman–Crippen LogP) is 2.77. The number of carbonyl (C=O) groups is 1. The lowest BCUT2D eigenvalue weighted by Crippen LogP contribution is -2.29. The normalized spacial score (nSPS) is 10.7. The molecule has 0 bridgehead atoms. The molecule has 0 saturated carbocycles. The summed E-state index contributed by atoms with van der Waals surface area (Å²) in [6.45, 7) is 6.69. The van der Waals surface area contributed by atoms with E-state index in [1.54, 1.807) is 12.1 Å². The van der Waals surface area contributed by atoms with E-state index in [9.17, 15) is 4.79 Å². The average Bonchev–Trinajstić information content (AvgIpc) is 3.01. The van der Waals surface area contributed by atoms with Crippen molar-refractivity contribution >= 4 is 5.91 Å². The molecular formula is C16H21N3O3. The topological polar surface area (TPSA) is 77.2 Å². The molecule has 1 N–H and O–H groups in total. The molecule has 2 rings (SSSR count). The van der Waals surface area contributed by atoms with Gasteiger partial charge in [0, 0.05) is 18.0 Å². The van der Waals surface area contributed by atoms with E-state index < -0.39 is 0 Å². The largest absolute Gasteiger partial charge is 0.484 e. The highest BCUT2D eigenvalue weighted by Crippen LogP contribution is 2.22. The molecule has 1 amide bonds. The van der Waals surface area contributed by atoms with E-state index in [0.717, 1.165) is 12.0 Å². The molecule has 0 radical (unpaired) electrons. The lowest BCUT2D eigenvalue weighted by molar-refractivity contribution is -0.123. The van der Waals surface area contributed by atoms with Gasteiger partial charge in [-0.1, -0.05) is 25.9 Å². The Bertz CT molecular complexity index is 605. The van der Waals surface area contributed by atoms with Crippen LogP contribution >= 0.6 is 0 Å². The van der Waals surface area contributed by atoms with E-state index in [1.807, 2.05) is 32.9 Å². The fourth-order valence-corrected chi connectivity index (χ4v) is 1.74. The Kier molecular flexibility index (Phi) is 5.52. The minimum atomic E-state index is -0.121. The lowest BCUT2D eigenvalue weighted by Gasteiger charge is -2.06. The molecule has 1 aromatic carbocycles. The minimum Gasteiger partial charge on any atom is -0.484 e. The number of hydrogen-bond acceptors (Lipinski definition) is 5. The van der Waals surface area contributed by atoms with Gasteiger partial charge in [0.25, 0.3) is 11.8 Å². The van der Waals surface area contributed by atoms with Crippen molar-refractivity contribution in [3.63, 3.8) is 0 Å². The number of nitrogens with one attached hydrogen (secondary N) is 1. The lowest BCUT2D eigenvalue weighted by atomic mass is 10.2. The molecule has 1 heterocycles. The van der Waals surface area contributed by atoms with Gasteiger partial charge in [-0.15, -0.1) is 0 Å². The van der Waals surface area contributed by atoms with Gasteiger partial charge in [-0.05, 0) is 30.7 Å². The van der Waals surface area contributed by atoms with Gasteiger partial charge in [0.1, 0.15) is 5.75 Å². The SMILES string of the molecule is CCCNC(=O)COc1ccc(-c2nc(C(C)C)no2)cc1. The summed E-state index contributed by atoms with van der Waals surface area (Å²) in [6, 6.07) is 7.22. The van der Waals surface area contributed by atoms with Crippen LogP contribution in [0, 0.1) is 0 Å². The Labute approximate surface area is 129 Å². The summed E-state index contributed by atoms with van der Waals surface area (Å²) in [5, 5.41) is 6.69. The van der Waals surface area contributed by atoms with E-state index in [4.69, 9.17) is 9.26 Å². The molecule has 0 atom stereocenters. The summed E-state index contributed by atoms with van der Waals surface area (Å²) < 4.78 is 10.6. The molecule has 0 unspecified atom stereocenters. The van der Waals surface area contributed by atoms with Crippen molar-refractivity contribution in [1.29, 1.82) is 0 Å². The van der Waals surface area contributed by atoms with Crippen molar-refractivity contribution in [3.05, 3.63) is 30.1 Å². The second-order valence-corrected chi connectivity index (χ2v) is 5.28. The van der Waals surface area contributed by atoms with Gasteiger partial charge >= 0.3 is 0 Å². The van der Waals surface area contributed by atoms with E-state index >= 15 is 0 Å². The number of carbonyl (C=O) groups excluding carboxylic acids is 1. The van der Waals surface area contributed by atoms with Crippen molar-refractivity contribution in [3.8, 4) is 17.2 Å². The Hall–Kier alpha value is -2.37. The molecule has 118 valence electrons. The summed E-state index contributed by atoms with van der Waals surface area (Å²) in [7, 11) is 0. The van der Waals surface area contributed by atoms with Crippen LogP contribution < -0.4 is 10.1 Å². The highest BCUT2D eigenvalue weighted by atomic mass is 16.5. The molecule has 2 aromatic rings. The Morgan fingerprint density at radius 3 is 2.64 bits per heavy atom. The summed E-state index contributed by atoms with van der Waals surface area (Å²) in [5.74, 6) is 1.89. The third-order valence-corrected chi connectivity index (χ3v) is 3.00. The van der Waals surface area contributed by atoms with Crippen molar-refractivity contribution in [2.24, 2.45) is 0 Å². The Morgan fingerprint density at radius 1 is 1.32 bits per heavy atom. The molecule has 0 aliphatic carbocycles. The van der Waals surface area contributed by atoms with Gasteiger partial charge < -0.3 is 14.6 Å². The molecule has 0 saturated heterocycles. The monoisotopic (exact) mass is 303 g/mol. The first-order valence-corrected chi connectivity index (χ1v) is 7.43. The van der Waals surface area contributed by atoms with Gasteiger partial charge in [0.15, 0.2) is 12.4 Å². The van der Waals surface area contributed by atoms with Crippen LogP contribution in [0.25, 0.3) is 11.5 Å². The van der Waals surface area contributed by atoms with Gasteiger partial charge in [-0.2, -0.15) is 4.98 Å². The van der Waals surface area contributed by atoms with E-state index in [1.165, 1.54) is 0 Å². The van der Waals surface area contributed by atoms with Crippen LogP contribution in [0.4, 0.5) is 0 Å². The second kappa shape index (κ2) is 7.59. The van der Waals surface area contributed by atoms with Crippen LogP contribution in [0.3, 0.4) is 0 Å². The second-order valence-electron chi connectivity index (χ2n) is 5.28. The number of benzene rings is 1. The van der Waals surface area contributed by atoms with Crippen LogP contribution in [-0.4, -0.2) is 29.2 Å². The highest BCUT2D eigenvalue weighted by molar-refractivity contribution is 5.77. The third kappa shape index (κ3) is 4.31. The zero-order valence-electron chi connectivity index (χ0n) is 13.1. The van der Waals surface area contributed by atoms with Gasteiger partial charge in [-0.25, -0.2) is 0 Å². The summed E-state index contributed by atoms with van der Waals surface area (Å²) in [4.78, 5) is 15.8. The number of aromatic nitrogens is 2. The Balaban J connectivity index is 1.93. The smallest absolute Gasteiger partial charge is 0.257 e. The number of rotatable bonds is 7. The van der Waals surface area contributed by atoms with Crippen LogP contribution in [0.2, 0.25) is 0 Å². The number of amides is 1. The van der Waals surface area contributed by atoms with Crippen molar-refractivity contribution < 1.29 is 14.1 Å². The van der Waals surface area contributed by atoms with Crippen LogP contribution in [-0.2, 0) is 4.79 Å². The zero-order valence-corrected chi connectivity index (χ0v) is 13.1. The van der Waals surface area contributed by atoms with E-state index in [2.05, 4.69) is 15.5 Å². The first-order valence-electron chi connectivity index (χ1n) is 7.43. The summed E-state index contributed by atoms with van der Waals surface area (Å²) >= 11 is 0. The average molecular weight is 303 g/mol. The molecule has 22 heavy (non-hydrogen) atoms. The van der Waals surface area contributed by atoms with E-state index in [-0.39, 0.29) is 18.4 Å². The summed E-state index contributed by atoms with van der Waals surface area (Å²) in [5.41, 5.74) is 0.821. The van der Waals surface area contributed by atoms with Crippen LogP contribution in [0.15, 0.2) is 28.8 Å². The van der Waals surface area contributed by atoms with Crippen LogP contribution in [0.1, 0.15) is 38.9 Å². The predicted molar refractivity (Wildman–Crippen MR) is 82.6 cm³/mol. The first kappa shape index (κ1) is 16.0. The van der Waals surface area contributed by atoms with Crippen LogP contribution in [0.5, 0.6) is 5.75 Å². The molecule has 1 aromatic heterocycles. The maximum absolute atomic E-state index is 11.5. The minimum absolute atomic E-state index is 0.0113. The number of ether oxygens (including phenoxy) is 1. The van der Waals surface area contributed by atoms with Crippen molar-refractivity contribution in [2.45, 2.75) is 33.1 Å².